The first kappa shape index (κ1) is 16.0. The molecule has 0 aromatic heterocycles. The van der Waals surface area contributed by atoms with Gasteiger partial charge in [-0.1, -0.05) is 45.0 Å². The molecule has 0 heterocycles. The van der Waals surface area contributed by atoms with Gasteiger partial charge in [0.25, 0.3) is 0 Å². The lowest BCUT2D eigenvalue weighted by molar-refractivity contribution is -0.123. The van der Waals surface area contributed by atoms with Crippen LogP contribution in [-0.2, 0) is 4.79 Å². The van der Waals surface area contributed by atoms with E-state index in [9.17, 15) is 4.79 Å². The molecule has 2 rings (SSSR count). The smallest absolute Gasteiger partial charge is 0.223 e. The zero-order valence-electron chi connectivity index (χ0n) is 13.3. The Bertz CT molecular complexity index is 467. The second-order valence-corrected chi connectivity index (χ2v) is 6.40. The molecule has 3 atom stereocenters. The fourth-order valence-corrected chi connectivity index (χ4v) is 2.82. The summed E-state index contributed by atoms with van der Waals surface area (Å²) >= 11 is 0. The summed E-state index contributed by atoms with van der Waals surface area (Å²) in [6, 6.07) is 8.78. The Morgan fingerprint density at radius 1 is 1.33 bits per heavy atom. The van der Waals surface area contributed by atoms with Crippen LogP contribution in [0.5, 0.6) is 0 Å². The maximum absolute atomic E-state index is 12.2. The maximum atomic E-state index is 12.2. The van der Waals surface area contributed by atoms with Crippen molar-refractivity contribution in [2.45, 2.75) is 57.9 Å². The number of hydrogen-bond donors (Lipinski definition) is 2. The van der Waals surface area contributed by atoms with E-state index in [1.807, 2.05) is 6.92 Å². The first-order chi connectivity index (χ1) is 10.1. The lowest BCUT2D eigenvalue weighted by Gasteiger charge is -2.15. The zero-order chi connectivity index (χ0) is 15.4. The minimum atomic E-state index is 0.104. The number of aliphatic hydroxyl groups is 1. The highest BCUT2D eigenvalue weighted by molar-refractivity contribution is 5.83. The summed E-state index contributed by atoms with van der Waals surface area (Å²) < 4.78 is 0. The summed E-state index contributed by atoms with van der Waals surface area (Å²) in [6.45, 7) is 6.54. The van der Waals surface area contributed by atoms with E-state index >= 15 is 0 Å². The molecule has 3 heteroatoms. The number of hydrogen-bond acceptors (Lipinski definition) is 2. The van der Waals surface area contributed by atoms with E-state index in [1.54, 1.807) is 0 Å². The van der Waals surface area contributed by atoms with Gasteiger partial charge >= 0.3 is 0 Å². The first-order valence-electron chi connectivity index (χ1n) is 8.07. The molecule has 3 nitrogen and oxygen atoms in total. The normalized spacial score (nSPS) is 22.1. The molecule has 0 radical (unpaired) electrons. The molecule has 1 aromatic rings. The largest absolute Gasteiger partial charge is 0.396 e. The van der Waals surface area contributed by atoms with Gasteiger partial charge in [0.2, 0.25) is 5.91 Å². The van der Waals surface area contributed by atoms with E-state index in [1.165, 1.54) is 11.1 Å². The van der Waals surface area contributed by atoms with Gasteiger partial charge in [0.05, 0.1) is 0 Å². The summed E-state index contributed by atoms with van der Waals surface area (Å²) in [4.78, 5) is 12.2. The minimum Gasteiger partial charge on any atom is -0.396 e. The van der Waals surface area contributed by atoms with Crippen LogP contribution in [0.25, 0.3) is 0 Å². The monoisotopic (exact) mass is 289 g/mol. The van der Waals surface area contributed by atoms with Gasteiger partial charge in [0, 0.05) is 18.6 Å². The highest BCUT2D eigenvalue weighted by atomic mass is 16.3. The summed E-state index contributed by atoms with van der Waals surface area (Å²) in [6.07, 6.45) is 2.46. The molecule has 1 saturated carbocycles. The highest BCUT2D eigenvalue weighted by Gasteiger charge is 2.44. The van der Waals surface area contributed by atoms with Crippen LogP contribution < -0.4 is 5.32 Å². The van der Waals surface area contributed by atoms with Gasteiger partial charge in [0.1, 0.15) is 0 Å². The molecule has 3 unspecified atom stereocenters. The zero-order valence-corrected chi connectivity index (χ0v) is 13.3. The number of carbonyl (C=O) groups excluding carboxylic acids is 1. The Morgan fingerprint density at radius 2 is 2.00 bits per heavy atom. The van der Waals surface area contributed by atoms with Crippen molar-refractivity contribution in [1.82, 2.24) is 5.32 Å². The molecule has 0 bridgehead atoms. The minimum absolute atomic E-state index is 0.104. The molecule has 0 saturated heterocycles. The molecular weight excluding hydrogens is 262 g/mol. The predicted molar refractivity (Wildman–Crippen MR) is 85.3 cm³/mol. The van der Waals surface area contributed by atoms with Crippen LogP contribution in [-0.4, -0.2) is 23.7 Å². The van der Waals surface area contributed by atoms with E-state index in [2.05, 4.69) is 43.4 Å². The third-order valence-electron chi connectivity index (χ3n) is 4.48. The lowest BCUT2D eigenvalue weighted by atomic mass is 10.00. The van der Waals surface area contributed by atoms with Gasteiger partial charge in [-0.05, 0) is 42.2 Å². The molecular formula is C18H27NO2. The molecule has 1 aliphatic rings. The standard InChI is InChI=1S/C18H27NO2/c1-4-15(9-10-20)19-18(21)17-11-16(17)14-7-5-13(6-8-14)12(2)3/h5-8,12,15-17,20H,4,9-11H2,1-3H3,(H,19,21). The summed E-state index contributed by atoms with van der Waals surface area (Å²) in [5.41, 5.74) is 2.61. The Kier molecular flexibility index (Phi) is 5.40. The number of carbonyl (C=O) groups is 1. The molecule has 1 amide bonds. The van der Waals surface area contributed by atoms with Crippen molar-refractivity contribution >= 4 is 5.91 Å². The molecule has 0 spiro atoms. The first-order valence-corrected chi connectivity index (χ1v) is 8.07. The second-order valence-electron chi connectivity index (χ2n) is 6.40. The number of nitrogens with one attached hydrogen (secondary N) is 1. The van der Waals surface area contributed by atoms with E-state index in [-0.39, 0.29) is 24.5 Å². The topological polar surface area (TPSA) is 49.3 Å². The van der Waals surface area contributed by atoms with Crippen molar-refractivity contribution in [2.24, 2.45) is 5.92 Å². The predicted octanol–water partition coefficient (Wildman–Crippen LogP) is 3.19. The molecule has 2 N–H and O–H groups in total. The third kappa shape index (κ3) is 4.07. The van der Waals surface area contributed by atoms with Gasteiger partial charge in [0.15, 0.2) is 0 Å². The van der Waals surface area contributed by atoms with Crippen LogP contribution in [0.4, 0.5) is 0 Å². The maximum Gasteiger partial charge on any atom is 0.223 e. The number of benzene rings is 1. The Balaban J connectivity index is 1.90. The number of amides is 1. The van der Waals surface area contributed by atoms with Crippen LogP contribution >= 0.6 is 0 Å². The molecule has 1 aromatic carbocycles. The van der Waals surface area contributed by atoms with Crippen LogP contribution in [0.3, 0.4) is 0 Å². The van der Waals surface area contributed by atoms with Gasteiger partial charge < -0.3 is 10.4 Å². The van der Waals surface area contributed by atoms with E-state index in [0.29, 0.717) is 18.3 Å². The van der Waals surface area contributed by atoms with Crippen molar-refractivity contribution in [2.75, 3.05) is 6.61 Å². The SMILES string of the molecule is CCC(CCO)NC(=O)C1CC1c1ccc(C(C)C)cc1. The molecule has 1 aliphatic carbocycles. The average molecular weight is 289 g/mol. The fourth-order valence-electron chi connectivity index (χ4n) is 2.82. The van der Waals surface area contributed by atoms with Crippen molar-refractivity contribution in [3.8, 4) is 0 Å². The van der Waals surface area contributed by atoms with E-state index < -0.39 is 0 Å². The average Bonchev–Trinajstić information content (AvgIpc) is 3.27. The summed E-state index contributed by atoms with van der Waals surface area (Å²) in [7, 11) is 0. The molecule has 0 aliphatic heterocycles. The van der Waals surface area contributed by atoms with Crippen molar-refractivity contribution in [1.29, 1.82) is 0 Å². The summed E-state index contributed by atoms with van der Waals surface area (Å²) in [5, 5.41) is 12.0. The number of aliphatic hydroxyl groups excluding tert-OH is 1. The molecule has 21 heavy (non-hydrogen) atoms. The molecule has 1 fully saturated rings. The van der Waals surface area contributed by atoms with E-state index in [4.69, 9.17) is 5.11 Å². The summed E-state index contributed by atoms with van der Waals surface area (Å²) in [5.74, 6) is 1.18. The highest BCUT2D eigenvalue weighted by Crippen LogP contribution is 2.47. The quantitative estimate of drug-likeness (QED) is 0.810. The van der Waals surface area contributed by atoms with Crippen molar-refractivity contribution in [3.05, 3.63) is 35.4 Å². The van der Waals surface area contributed by atoms with Gasteiger partial charge in [-0.3, -0.25) is 4.79 Å². The van der Waals surface area contributed by atoms with Crippen molar-refractivity contribution < 1.29 is 9.90 Å². The van der Waals surface area contributed by atoms with E-state index in [0.717, 1.165) is 12.8 Å². The van der Waals surface area contributed by atoms with Crippen LogP contribution in [0.2, 0.25) is 0 Å². The number of rotatable bonds is 7. The Hall–Kier alpha value is -1.35. The van der Waals surface area contributed by atoms with Crippen molar-refractivity contribution in [3.63, 3.8) is 0 Å². The Morgan fingerprint density at radius 3 is 2.52 bits per heavy atom. The third-order valence-corrected chi connectivity index (χ3v) is 4.48. The van der Waals surface area contributed by atoms with Crippen LogP contribution in [0.1, 0.15) is 63.0 Å². The van der Waals surface area contributed by atoms with Gasteiger partial charge in [-0.2, -0.15) is 0 Å². The van der Waals surface area contributed by atoms with Gasteiger partial charge in [-0.15, -0.1) is 0 Å². The lowest BCUT2D eigenvalue weighted by Crippen LogP contribution is -2.36. The van der Waals surface area contributed by atoms with Crippen LogP contribution in [0, 0.1) is 5.92 Å². The molecule has 116 valence electrons. The van der Waals surface area contributed by atoms with Crippen LogP contribution in [0.15, 0.2) is 24.3 Å². The Labute approximate surface area is 127 Å². The fraction of sp³-hybridized carbons (Fsp3) is 0.611. The van der Waals surface area contributed by atoms with Gasteiger partial charge in [-0.25, -0.2) is 0 Å². The second kappa shape index (κ2) is 7.08.